The summed E-state index contributed by atoms with van der Waals surface area (Å²) < 4.78 is 5.94. The Kier molecular flexibility index (Phi) is 4.71. The summed E-state index contributed by atoms with van der Waals surface area (Å²) in [7, 11) is 0. The number of nitrogens with one attached hydrogen (secondary N) is 1. The van der Waals surface area contributed by atoms with E-state index in [1.807, 2.05) is 54.6 Å². The monoisotopic (exact) mass is 356 g/mol. The fraction of sp³-hybridized carbons (Fsp3) is 0.130. The van der Waals surface area contributed by atoms with Crippen LogP contribution in [0.25, 0.3) is 21.7 Å². The van der Waals surface area contributed by atoms with Crippen LogP contribution in [-0.2, 0) is 17.9 Å². The first-order chi connectivity index (χ1) is 13.2. The molecule has 1 heterocycles. The average molecular weight is 356 g/mol. The number of ether oxygens (including phenoxy) is 1. The molecule has 0 unspecified atom stereocenters. The second kappa shape index (κ2) is 7.46. The zero-order valence-electron chi connectivity index (χ0n) is 15.1. The Balaban J connectivity index is 1.48. The summed E-state index contributed by atoms with van der Waals surface area (Å²) >= 11 is 0. The van der Waals surface area contributed by atoms with Gasteiger partial charge in [-0.15, -0.1) is 0 Å². The highest BCUT2D eigenvalue weighted by Crippen LogP contribution is 2.23. The van der Waals surface area contributed by atoms with E-state index in [2.05, 4.69) is 28.5 Å². The summed E-state index contributed by atoms with van der Waals surface area (Å²) in [6.45, 7) is 2.49. The van der Waals surface area contributed by atoms with Crippen LogP contribution >= 0.6 is 0 Å². The van der Waals surface area contributed by atoms with Crippen molar-refractivity contribution in [3.8, 4) is 5.75 Å². The van der Waals surface area contributed by atoms with E-state index in [1.54, 1.807) is 0 Å². The number of rotatable bonds is 5. The largest absolute Gasteiger partial charge is 0.487 e. The Hall–Kier alpha value is -3.40. The van der Waals surface area contributed by atoms with Crippen LogP contribution in [0.4, 0.5) is 0 Å². The van der Waals surface area contributed by atoms with Crippen molar-refractivity contribution in [1.29, 1.82) is 0 Å². The van der Waals surface area contributed by atoms with E-state index in [0.29, 0.717) is 13.2 Å². The Labute approximate surface area is 157 Å². The van der Waals surface area contributed by atoms with E-state index >= 15 is 0 Å². The molecule has 0 aliphatic rings. The van der Waals surface area contributed by atoms with Gasteiger partial charge in [0.05, 0.1) is 11.2 Å². The summed E-state index contributed by atoms with van der Waals surface area (Å²) in [5, 5.41) is 6.17. The maximum atomic E-state index is 11.1. The molecule has 1 amide bonds. The highest BCUT2D eigenvalue weighted by atomic mass is 16.5. The van der Waals surface area contributed by atoms with Gasteiger partial charge in [0.1, 0.15) is 12.4 Å². The molecule has 4 nitrogen and oxygen atoms in total. The Morgan fingerprint density at radius 1 is 0.926 bits per heavy atom. The lowest BCUT2D eigenvalue weighted by Gasteiger charge is -2.09. The van der Waals surface area contributed by atoms with Crippen LogP contribution < -0.4 is 10.1 Å². The number of fused-ring (bicyclic) bond motifs is 2. The number of para-hydroxylation sites is 1. The Morgan fingerprint density at radius 3 is 2.59 bits per heavy atom. The molecule has 134 valence electrons. The van der Waals surface area contributed by atoms with Crippen molar-refractivity contribution < 1.29 is 9.53 Å². The standard InChI is InChI=1S/C23H20N2O2/c1-16(26)24-14-17-6-7-20-13-22(11-9-19(20)12-17)27-15-21-10-8-18-4-2-3-5-23(18)25-21/h2-13H,14-15H2,1H3,(H,24,26). The van der Waals surface area contributed by atoms with Gasteiger partial charge in [-0.1, -0.05) is 42.5 Å². The first-order valence-corrected chi connectivity index (χ1v) is 8.92. The maximum absolute atomic E-state index is 11.1. The number of hydrogen-bond acceptors (Lipinski definition) is 3. The van der Waals surface area contributed by atoms with Crippen molar-refractivity contribution in [2.45, 2.75) is 20.1 Å². The summed E-state index contributed by atoms with van der Waals surface area (Å²) in [6, 6.07) is 24.3. The second-order valence-corrected chi connectivity index (χ2v) is 6.54. The molecule has 0 spiro atoms. The van der Waals surface area contributed by atoms with Crippen molar-refractivity contribution in [1.82, 2.24) is 10.3 Å². The van der Waals surface area contributed by atoms with Gasteiger partial charge in [-0.3, -0.25) is 4.79 Å². The van der Waals surface area contributed by atoms with Crippen molar-refractivity contribution in [2.75, 3.05) is 0 Å². The molecule has 0 saturated carbocycles. The van der Waals surface area contributed by atoms with E-state index in [-0.39, 0.29) is 5.91 Å². The molecule has 0 bridgehead atoms. The molecule has 3 aromatic carbocycles. The van der Waals surface area contributed by atoms with E-state index in [1.165, 1.54) is 6.92 Å². The van der Waals surface area contributed by atoms with E-state index in [9.17, 15) is 4.79 Å². The minimum absolute atomic E-state index is 0.0267. The maximum Gasteiger partial charge on any atom is 0.217 e. The second-order valence-electron chi connectivity index (χ2n) is 6.54. The molecule has 0 atom stereocenters. The van der Waals surface area contributed by atoms with Gasteiger partial charge in [0.2, 0.25) is 5.91 Å². The zero-order chi connectivity index (χ0) is 18.6. The third-order valence-corrected chi connectivity index (χ3v) is 4.46. The topological polar surface area (TPSA) is 51.2 Å². The number of hydrogen-bond donors (Lipinski definition) is 1. The highest BCUT2D eigenvalue weighted by molar-refractivity contribution is 5.84. The van der Waals surface area contributed by atoms with Gasteiger partial charge in [0.25, 0.3) is 0 Å². The van der Waals surface area contributed by atoms with Gasteiger partial charge in [0.15, 0.2) is 0 Å². The average Bonchev–Trinajstić information content (AvgIpc) is 2.70. The smallest absolute Gasteiger partial charge is 0.217 e. The van der Waals surface area contributed by atoms with Crippen LogP contribution in [0.3, 0.4) is 0 Å². The van der Waals surface area contributed by atoms with Crippen LogP contribution in [0.2, 0.25) is 0 Å². The molecule has 1 aromatic heterocycles. The summed E-state index contributed by atoms with van der Waals surface area (Å²) in [6.07, 6.45) is 0. The third-order valence-electron chi connectivity index (χ3n) is 4.46. The fourth-order valence-corrected chi connectivity index (χ4v) is 3.05. The molecule has 0 radical (unpaired) electrons. The predicted molar refractivity (Wildman–Crippen MR) is 108 cm³/mol. The van der Waals surface area contributed by atoms with Crippen LogP contribution in [-0.4, -0.2) is 10.9 Å². The first kappa shape index (κ1) is 17.0. The molecule has 0 aliphatic carbocycles. The number of carbonyl (C=O) groups is 1. The number of aromatic nitrogens is 1. The predicted octanol–water partition coefficient (Wildman–Crippen LogP) is 4.60. The Bertz CT molecular complexity index is 1120. The van der Waals surface area contributed by atoms with Crippen LogP contribution in [0.15, 0.2) is 72.8 Å². The molecule has 1 N–H and O–H groups in total. The van der Waals surface area contributed by atoms with Crippen molar-refractivity contribution in [2.24, 2.45) is 0 Å². The van der Waals surface area contributed by atoms with Crippen molar-refractivity contribution in [3.05, 3.63) is 84.1 Å². The lowest BCUT2D eigenvalue weighted by molar-refractivity contribution is -0.119. The Morgan fingerprint density at radius 2 is 1.70 bits per heavy atom. The fourth-order valence-electron chi connectivity index (χ4n) is 3.05. The van der Waals surface area contributed by atoms with Gasteiger partial charge in [-0.05, 0) is 46.7 Å². The highest BCUT2D eigenvalue weighted by Gasteiger charge is 2.03. The van der Waals surface area contributed by atoms with Gasteiger partial charge in [0, 0.05) is 18.9 Å². The quantitative estimate of drug-likeness (QED) is 0.568. The van der Waals surface area contributed by atoms with Gasteiger partial charge >= 0.3 is 0 Å². The van der Waals surface area contributed by atoms with Crippen molar-refractivity contribution in [3.63, 3.8) is 0 Å². The molecule has 4 heteroatoms. The number of nitrogens with zero attached hydrogens (tertiary/aromatic N) is 1. The first-order valence-electron chi connectivity index (χ1n) is 8.92. The third kappa shape index (κ3) is 4.06. The summed E-state index contributed by atoms with van der Waals surface area (Å²) in [5.74, 6) is 0.785. The van der Waals surface area contributed by atoms with E-state index < -0.39 is 0 Å². The molecular weight excluding hydrogens is 336 g/mol. The molecule has 4 rings (SSSR count). The van der Waals surface area contributed by atoms with Crippen LogP contribution in [0.5, 0.6) is 5.75 Å². The van der Waals surface area contributed by atoms with Crippen LogP contribution in [0.1, 0.15) is 18.2 Å². The molecule has 0 saturated heterocycles. The van der Waals surface area contributed by atoms with Gasteiger partial charge in [-0.25, -0.2) is 4.98 Å². The van der Waals surface area contributed by atoms with Gasteiger partial charge in [-0.2, -0.15) is 0 Å². The molecular formula is C23H20N2O2. The van der Waals surface area contributed by atoms with Crippen LogP contribution in [0, 0.1) is 0 Å². The number of amides is 1. The molecule has 0 fully saturated rings. The van der Waals surface area contributed by atoms with Crippen molar-refractivity contribution >= 4 is 27.6 Å². The lowest BCUT2D eigenvalue weighted by atomic mass is 10.1. The lowest BCUT2D eigenvalue weighted by Crippen LogP contribution is -2.18. The molecule has 4 aromatic rings. The minimum Gasteiger partial charge on any atom is -0.487 e. The minimum atomic E-state index is -0.0267. The SMILES string of the molecule is CC(=O)NCc1ccc2cc(OCc3ccc4ccccc4n3)ccc2c1. The summed E-state index contributed by atoms with van der Waals surface area (Å²) in [4.78, 5) is 15.7. The zero-order valence-corrected chi connectivity index (χ0v) is 15.1. The van der Waals surface area contributed by atoms with E-state index in [0.717, 1.165) is 38.7 Å². The summed E-state index contributed by atoms with van der Waals surface area (Å²) in [5.41, 5.74) is 2.95. The van der Waals surface area contributed by atoms with Gasteiger partial charge < -0.3 is 10.1 Å². The number of carbonyl (C=O) groups excluding carboxylic acids is 1. The number of benzene rings is 3. The van der Waals surface area contributed by atoms with E-state index in [4.69, 9.17) is 4.74 Å². The molecule has 0 aliphatic heterocycles. The molecule has 27 heavy (non-hydrogen) atoms. The number of pyridine rings is 1. The normalized spacial score (nSPS) is 10.9.